The average Bonchev–Trinajstić information content (AvgIpc) is 2.72. The van der Waals surface area contributed by atoms with Crippen molar-refractivity contribution in [1.82, 2.24) is 9.97 Å². The topological polar surface area (TPSA) is 64.5 Å². The molecule has 0 bridgehead atoms. The number of carbonyl (C=O) groups is 1. The summed E-state index contributed by atoms with van der Waals surface area (Å²) >= 11 is 0. The molecule has 0 spiro atoms. The third-order valence-corrected chi connectivity index (χ3v) is 4.43. The van der Waals surface area contributed by atoms with Gasteiger partial charge in [0.1, 0.15) is 18.2 Å². The van der Waals surface area contributed by atoms with Crippen molar-refractivity contribution in [2.45, 2.75) is 6.61 Å². The molecule has 0 amide bonds. The maximum atomic E-state index is 13.8. The normalized spacial score (nSPS) is 14.3. The van der Waals surface area contributed by atoms with Crippen LogP contribution in [0.5, 0.6) is 0 Å². The first-order valence-corrected chi connectivity index (χ1v) is 8.70. The maximum Gasteiger partial charge on any atom is 0.340 e. The maximum absolute atomic E-state index is 13.8. The van der Waals surface area contributed by atoms with Gasteiger partial charge in [-0.15, -0.1) is 0 Å². The molecule has 27 heavy (non-hydrogen) atoms. The summed E-state index contributed by atoms with van der Waals surface area (Å²) in [5.74, 6) is -0.0994. The van der Waals surface area contributed by atoms with Gasteiger partial charge in [0.25, 0.3) is 0 Å². The number of morpholine rings is 1. The van der Waals surface area contributed by atoms with Gasteiger partial charge in [-0.05, 0) is 30.3 Å². The van der Waals surface area contributed by atoms with Crippen LogP contribution in [0.3, 0.4) is 0 Å². The first-order valence-electron chi connectivity index (χ1n) is 8.70. The monoisotopic (exact) mass is 367 g/mol. The van der Waals surface area contributed by atoms with Crippen molar-refractivity contribution in [2.75, 3.05) is 31.2 Å². The fraction of sp³-hybridized carbons (Fsp3) is 0.250. The lowest BCUT2D eigenvalue weighted by Gasteiger charge is -2.27. The van der Waals surface area contributed by atoms with Gasteiger partial charge in [-0.1, -0.05) is 6.07 Å². The molecule has 3 aromatic rings. The van der Waals surface area contributed by atoms with Crippen LogP contribution in [0.25, 0.3) is 10.9 Å². The first kappa shape index (κ1) is 17.4. The smallest absolute Gasteiger partial charge is 0.340 e. The molecule has 0 atom stereocenters. The van der Waals surface area contributed by atoms with Crippen LogP contribution in [0.4, 0.5) is 10.2 Å². The van der Waals surface area contributed by atoms with E-state index >= 15 is 0 Å². The number of fused-ring (bicyclic) bond motifs is 1. The van der Waals surface area contributed by atoms with E-state index in [4.69, 9.17) is 9.47 Å². The van der Waals surface area contributed by atoms with Gasteiger partial charge in [0.2, 0.25) is 0 Å². The van der Waals surface area contributed by atoms with E-state index < -0.39 is 11.8 Å². The quantitative estimate of drug-likeness (QED) is 0.661. The summed E-state index contributed by atoms with van der Waals surface area (Å²) < 4.78 is 24.4. The van der Waals surface area contributed by atoms with E-state index in [2.05, 4.69) is 14.9 Å². The van der Waals surface area contributed by atoms with Gasteiger partial charge >= 0.3 is 5.97 Å². The Morgan fingerprint density at radius 1 is 1.19 bits per heavy atom. The molecule has 4 rings (SSSR count). The highest BCUT2D eigenvalue weighted by molar-refractivity contribution is 5.89. The number of anilines is 1. The molecule has 6 nitrogen and oxygen atoms in total. The van der Waals surface area contributed by atoms with E-state index in [1.54, 1.807) is 30.5 Å². The minimum absolute atomic E-state index is 0.0602. The molecule has 0 aliphatic carbocycles. The zero-order chi connectivity index (χ0) is 18.6. The summed E-state index contributed by atoms with van der Waals surface area (Å²) in [7, 11) is 0. The number of esters is 1. The highest BCUT2D eigenvalue weighted by atomic mass is 19.1. The zero-order valence-corrected chi connectivity index (χ0v) is 14.6. The largest absolute Gasteiger partial charge is 0.457 e. The van der Waals surface area contributed by atoms with E-state index in [1.807, 2.05) is 0 Å². The van der Waals surface area contributed by atoms with Crippen LogP contribution in [-0.2, 0) is 16.1 Å². The standard InChI is InChI=1S/C20H18FN3O3/c21-17-10-14-2-1-5-22-19(14)16(11-17)13-27-20(25)15-3-4-18(23-12-15)24-6-8-26-9-7-24/h1-5,10-12H,6-9,13H2. The number of hydrogen-bond donors (Lipinski definition) is 0. The van der Waals surface area contributed by atoms with Crippen molar-refractivity contribution in [1.29, 1.82) is 0 Å². The molecule has 0 saturated carbocycles. The van der Waals surface area contributed by atoms with Gasteiger partial charge < -0.3 is 14.4 Å². The highest BCUT2D eigenvalue weighted by Gasteiger charge is 2.15. The Labute approximate surface area is 155 Å². The molecule has 1 aliphatic rings. The van der Waals surface area contributed by atoms with E-state index in [0.29, 0.717) is 35.2 Å². The lowest BCUT2D eigenvalue weighted by Crippen LogP contribution is -2.36. The van der Waals surface area contributed by atoms with Gasteiger partial charge in [-0.3, -0.25) is 4.98 Å². The fourth-order valence-electron chi connectivity index (χ4n) is 3.05. The molecular weight excluding hydrogens is 349 g/mol. The molecule has 1 aliphatic heterocycles. The van der Waals surface area contributed by atoms with Crippen LogP contribution in [0.1, 0.15) is 15.9 Å². The van der Waals surface area contributed by atoms with Crippen molar-refractivity contribution in [3.63, 3.8) is 0 Å². The van der Waals surface area contributed by atoms with Gasteiger partial charge in [0.05, 0.1) is 24.3 Å². The van der Waals surface area contributed by atoms with Gasteiger partial charge in [0, 0.05) is 36.4 Å². The summed E-state index contributed by atoms with van der Waals surface area (Å²) in [5.41, 5.74) is 1.49. The van der Waals surface area contributed by atoms with E-state index in [0.717, 1.165) is 18.9 Å². The predicted molar refractivity (Wildman–Crippen MR) is 98.1 cm³/mol. The van der Waals surface area contributed by atoms with Crippen molar-refractivity contribution in [2.24, 2.45) is 0 Å². The Bertz CT molecular complexity index is 956. The second-order valence-corrected chi connectivity index (χ2v) is 6.22. The number of pyridine rings is 2. The van der Waals surface area contributed by atoms with E-state index in [9.17, 15) is 9.18 Å². The van der Waals surface area contributed by atoms with Gasteiger partial charge in [0.15, 0.2) is 0 Å². The minimum atomic E-state index is -0.510. The molecule has 3 heterocycles. The van der Waals surface area contributed by atoms with E-state index in [-0.39, 0.29) is 6.61 Å². The molecular formula is C20H18FN3O3. The lowest BCUT2D eigenvalue weighted by molar-refractivity contribution is 0.0473. The average molecular weight is 367 g/mol. The second kappa shape index (κ2) is 7.67. The first-order chi connectivity index (χ1) is 13.2. The van der Waals surface area contributed by atoms with Crippen molar-refractivity contribution in [3.05, 3.63) is 65.7 Å². The number of nitrogens with zero attached hydrogens (tertiary/aromatic N) is 3. The predicted octanol–water partition coefficient (Wildman–Crippen LogP) is 2.96. The summed E-state index contributed by atoms with van der Waals surface area (Å²) in [4.78, 5) is 23.0. The summed E-state index contributed by atoms with van der Waals surface area (Å²) in [6, 6.07) is 9.72. The van der Waals surface area contributed by atoms with Gasteiger partial charge in [-0.25, -0.2) is 14.2 Å². The van der Waals surface area contributed by atoms with Crippen LogP contribution >= 0.6 is 0 Å². The Balaban J connectivity index is 1.45. The Morgan fingerprint density at radius 2 is 2.04 bits per heavy atom. The molecule has 1 aromatic carbocycles. The number of benzene rings is 1. The number of aromatic nitrogens is 2. The van der Waals surface area contributed by atoms with Crippen molar-refractivity contribution in [3.8, 4) is 0 Å². The molecule has 7 heteroatoms. The summed E-state index contributed by atoms with van der Waals surface area (Å²) in [5, 5.41) is 0.667. The Morgan fingerprint density at radius 3 is 2.81 bits per heavy atom. The molecule has 2 aromatic heterocycles. The van der Waals surface area contributed by atoms with Crippen LogP contribution in [0.2, 0.25) is 0 Å². The van der Waals surface area contributed by atoms with Gasteiger partial charge in [-0.2, -0.15) is 0 Å². The number of rotatable bonds is 4. The molecule has 0 N–H and O–H groups in total. The molecule has 1 fully saturated rings. The fourth-order valence-corrected chi connectivity index (χ4v) is 3.05. The van der Waals surface area contributed by atoms with Crippen molar-refractivity contribution < 1.29 is 18.7 Å². The number of carbonyl (C=O) groups excluding carboxylic acids is 1. The lowest BCUT2D eigenvalue weighted by atomic mass is 10.1. The minimum Gasteiger partial charge on any atom is -0.457 e. The zero-order valence-electron chi connectivity index (χ0n) is 14.6. The van der Waals surface area contributed by atoms with Crippen LogP contribution in [-0.4, -0.2) is 42.2 Å². The Kier molecular flexibility index (Phi) is 4.93. The molecule has 1 saturated heterocycles. The summed E-state index contributed by atoms with van der Waals surface area (Å²) in [6.07, 6.45) is 3.12. The van der Waals surface area contributed by atoms with Crippen LogP contribution in [0, 0.1) is 5.82 Å². The molecule has 0 radical (unpaired) electrons. The second-order valence-electron chi connectivity index (χ2n) is 6.22. The SMILES string of the molecule is O=C(OCc1cc(F)cc2cccnc12)c1ccc(N2CCOCC2)nc1. The highest BCUT2D eigenvalue weighted by Crippen LogP contribution is 2.20. The third kappa shape index (κ3) is 3.88. The Hall–Kier alpha value is -3.06. The summed E-state index contributed by atoms with van der Waals surface area (Å²) in [6.45, 7) is 2.82. The molecule has 0 unspecified atom stereocenters. The van der Waals surface area contributed by atoms with Crippen molar-refractivity contribution >= 4 is 22.7 Å². The molecule has 138 valence electrons. The third-order valence-electron chi connectivity index (χ3n) is 4.43. The number of halogens is 1. The number of ether oxygens (including phenoxy) is 2. The van der Waals surface area contributed by atoms with Crippen LogP contribution in [0.15, 0.2) is 48.8 Å². The number of hydrogen-bond acceptors (Lipinski definition) is 6. The van der Waals surface area contributed by atoms with E-state index in [1.165, 1.54) is 18.3 Å². The van der Waals surface area contributed by atoms with Crippen LogP contribution < -0.4 is 4.90 Å².